The molecule has 0 atom stereocenters. The molecule has 7 heteroatoms. The molecule has 0 aliphatic heterocycles. The van der Waals surface area contributed by atoms with Crippen molar-refractivity contribution in [1.29, 1.82) is 0 Å². The average Bonchev–Trinajstić information content (AvgIpc) is 2.52. The topological polar surface area (TPSA) is 100 Å². The molecular formula is C14H17N5O2. The zero-order chi connectivity index (χ0) is 14.9. The van der Waals surface area contributed by atoms with Crippen molar-refractivity contribution in [3.8, 4) is 0 Å². The molecule has 0 bridgehead atoms. The second kappa shape index (κ2) is 7.78. The van der Waals surface area contributed by atoms with E-state index < -0.39 is 5.97 Å². The fourth-order valence-electron chi connectivity index (χ4n) is 1.68. The molecule has 0 saturated carbocycles. The van der Waals surface area contributed by atoms with Gasteiger partial charge in [-0.1, -0.05) is 6.07 Å². The zero-order valence-electron chi connectivity index (χ0n) is 11.5. The maximum absolute atomic E-state index is 10.6. The average molecular weight is 287 g/mol. The third-order valence-electron chi connectivity index (χ3n) is 2.75. The van der Waals surface area contributed by atoms with E-state index in [1.165, 1.54) is 12.4 Å². The van der Waals surface area contributed by atoms with Crippen molar-refractivity contribution < 1.29 is 9.90 Å². The van der Waals surface area contributed by atoms with Crippen molar-refractivity contribution in [3.63, 3.8) is 0 Å². The van der Waals surface area contributed by atoms with Gasteiger partial charge in [-0.2, -0.15) is 0 Å². The van der Waals surface area contributed by atoms with Crippen LogP contribution in [0, 0.1) is 0 Å². The second-order valence-corrected chi connectivity index (χ2v) is 4.37. The molecule has 0 fully saturated rings. The molecule has 0 saturated heterocycles. The molecule has 2 rings (SSSR count). The SMILES string of the molecule is O=C(O)c1cnc(NCCCCNc2ccccn2)cn1. The van der Waals surface area contributed by atoms with Gasteiger partial charge in [-0.25, -0.2) is 19.7 Å². The smallest absolute Gasteiger partial charge is 0.356 e. The summed E-state index contributed by atoms with van der Waals surface area (Å²) in [5, 5.41) is 15.0. The molecule has 0 radical (unpaired) electrons. The number of aromatic carboxylic acids is 1. The lowest BCUT2D eigenvalue weighted by Gasteiger charge is -2.06. The Balaban J connectivity index is 1.60. The minimum absolute atomic E-state index is 0.0555. The highest BCUT2D eigenvalue weighted by Crippen LogP contribution is 2.03. The number of rotatable bonds is 8. The van der Waals surface area contributed by atoms with E-state index in [1.54, 1.807) is 6.20 Å². The molecule has 0 amide bonds. The van der Waals surface area contributed by atoms with Crippen LogP contribution in [0.2, 0.25) is 0 Å². The largest absolute Gasteiger partial charge is 0.476 e. The van der Waals surface area contributed by atoms with Crippen molar-refractivity contribution in [3.05, 3.63) is 42.5 Å². The van der Waals surface area contributed by atoms with Gasteiger partial charge in [-0.15, -0.1) is 0 Å². The van der Waals surface area contributed by atoms with E-state index in [2.05, 4.69) is 25.6 Å². The molecule has 7 nitrogen and oxygen atoms in total. The van der Waals surface area contributed by atoms with E-state index in [0.29, 0.717) is 5.82 Å². The van der Waals surface area contributed by atoms with Gasteiger partial charge in [0.15, 0.2) is 5.69 Å². The maximum Gasteiger partial charge on any atom is 0.356 e. The van der Waals surface area contributed by atoms with Crippen LogP contribution in [0.3, 0.4) is 0 Å². The lowest BCUT2D eigenvalue weighted by atomic mass is 10.3. The van der Waals surface area contributed by atoms with Crippen LogP contribution in [-0.4, -0.2) is 39.1 Å². The number of hydrogen-bond donors (Lipinski definition) is 3. The van der Waals surface area contributed by atoms with Gasteiger partial charge in [-0.3, -0.25) is 0 Å². The number of carbonyl (C=O) groups is 1. The number of nitrogens with one attached hydrogen (secondary N) is 2. The van der Waals surface area contributed by atoms with Gasteiger partial charge in [0, 0.05) is 19.3 Å². The molecule has 110 valence electrons. The van der Waals surface area contributed by atoms with Crippen molar-refractivity contribution in [2.24, 2.45) is 0 Å². The number of aromatic nitrogens is 3. The summed E-state index contributed by atoms with van der Waals surface area (Å²) in [5.41, 5.74) is -0.0555. The summed E-state index contributed by atoms with van der Waals surface area (Å²) >= 11 is 0. The third kappa shape index (κ3) is 5.06. The van der Waals surface area contributed by atoms with Crippen LogP contribution >= 0.6 is 0 Å². The van der Waals surface area contributed by atoms with E-state index in [0.717, 1.165) is 31.7 Å². The Morgan fingerprint density at radius 1 is 1.00 bits per heavy atom. The van der Waals surface area contributed by atoms with Gasteiger partial charge in [-0.05, 0) is 25.0 Å². The second-order valence-electron chi connectivity index (χ2n) is 4.37. The van der Waals surface area contributed by atoms with Crippen LogP contribution in [0.1, 0.15) is 23.3 Å². The van der Waals surface area contributed by atoms with Gasteiger partial charge >= 0.3 is 5.97 Å². The molecule has 0 aliphatic carbocycles. The molecule has 2 aromatic rings. The van der Waals surface area contributed by atoms with Crippen LogP contribution in [0.25, 0.3) is 0 Å². The highest BCUT2D eigenvalue weighted by atomic mass is 16.4. The minimum Gasteiger partial charge on any atom is -0.476 e. The summed E-state index contributed by atoms with van der Waals surface area (Å²) in [7, 11) is 0. The summed E-state index contributed by atoms with van der Waals surface area (Å²) in [6.07, 6.45) is 6.37. The Hall–Kier alpha value is -2.70. The number of nitrogens with zero attached hydrogens (tertiary/aromatic N) is 3. The first kappa shape index (κ1) is 14.7. The van der Waals surface area contributed by atoms with Gasteiger partial charge in [0.05, 0.1) is 12.4 Å². The fraction of sp³-hybridized carbons (Fsp3) is 0.286. The van der Waals surface area contributed by atoms with Crippen LogP contribution in [0.5, 0.6) is 0 Å². The molecule has 2 heterocycles. The Morgan fingerprint density at radius 3 is 2.33 bits per heavy atom. The van der Waals surface area contributed by atoms with Crippen LogP contribution in [0.4, 0.5) is 11.6 Å². The van der Waals surface area contributed by atoms with E-state index in [4.69, 9.17) is 5.11 Å². The highest BCUT2D eigenvalue weighted by Gasteiger charge is 2.04. The monoisotopic (exact) mass is 287 g/mol. The van der Waals surface area contributed by atoms with Gasteiger partial charge in [0.1, 0.15) is 11.6 Å². The van der Waals surface area contributed by atoms with E-state index in [1.807, 2.05) is 18.2 Å². The van der Waals surface area contributed by atoms with Crippen molar-refractivity contribution >= 4 is 17.6 Å². The molecule has 21 heavy (non-hydrogen) atoms. The molecule has 0 unspecified atom stereocenters. The minimum atomic E-state index is -1.07. The normalized spacial score (nSPS) is 10.1. The Bertz CT molecular complexity index is 559. The third-order valence-corrected chi connectivity index (χ3v) is 2.75. The van der Waals surface area contributed by atoms with Gasteiger partial charge < -0.3 is 15.7 Å². The van der Waals surface area contributed by atoms with Gasteiger partial charge in [0.25, 0.3) is 0 Å². The van der Waals surface area contributed by atoms with E-state index in [-0.39, 0.29) is 5.69 Å². The Kier molecular flexibility index (Phi) is 5.45. The van der Waals surface area contributed by atoms with Crippen LogP contribution in [0.15, 0.2) is 36.8 Å². The summed E-state index contributed by atoms with van der Waals surface area (Å²) in [5.74, 6) is 0.382. The first-order valence-corrected chi connectivity index (χ1v) is 6.70. The molecule has 0 aliphatic rings. The predicted molar refractivity (Wildman–Crippen MR) is 79.4 cm³/mol. The standard InChI is InChI=1S/C14H17N5O2/c20-14(21)11-9-19-13(10-18-11)17-8-4-3-7-16-12-5-1-2-6-15-12/h1-2,5-6,9-10H,3-4,7-8H2,(H,15,16)(H,17,19)(H,20,21). The summed E-state index contributed by atoms with van der Waals surface area (Å²) in [6.45, 7) is 1.60. The number of pyridine rings is 1. The van der Waals surface area contributed by atoms with Crippen LogP contribution in [-0.2, 0) is 0 Å². The van der Waals surface area contributed by atoms with Crippen LogP contribution < -0.4 is 10.6 Å². The highest BCUT2D eigenvalue weighted by molar-refractivity contribution is 5.84. The lowest BCUT2D eigenvalue weighted by molar-refractivity contribution is 0.0690. The first-order chi connectivity index (χ1) is 10.3. The van der Waals surface area contributed by atoms with Gasteiger partial charge in [0.2, 0.25) is 0 Å². The zero-order valence-corrected chi connectivity index (χ0v) is 11.5. The Morgan fingerprint density at radius 2 is 1.76 bits per heavy atom. The van der Waals surface area contributed by atoms with E-state index in [9.17, 15) is 4.79 Å². The van der Waals surface area contributed by atoms with Crippen molar-refractivity contribution in [2.45, 2.75) is 12.8 Å². The fourth-order valence-corrected chi connectivity index (χ4v) is 1.68. The molecule has 0 aromatic carbocycles. The molecule has 2 aromatic heterocycles. The molecule has 0 spiro atoms. The first-order valence-electron chi connectivity index (χ1n) is 6.70. The quantitative estimate of drug-likeness (QED) is 0.637. The molecular weight excluding hydrogens is 270 g/mol. The van der Waals surface area contributed by atoms with Crippen molar-refractivity contribution in [1.82, 2.24) is 15.0 Å². The summed E-state index contributed by atoms with van der Waals surface area (Å²) in [6, 6.07) is 5.75. The lowest BCUT2D eigenvalue weighted by Crippen LogP contribution is -2.09. The van der Waals surface area contributed by atoms with Crippen molar-refractivity contribution in [2.75, 3.05) is 23.7 Å². The number of unbranched alkanes of at least 4 members (excludes halogenated alkanes) is 1. The van der Waals surface area contributed by atoms with E-state index >= 15 is 0 Å². The number of hydrogen-bond acceptors (Lipinski definition) is 6. The summed E-state index contributed by atoms with van der Waals surface area (Å²) < 4.78 is 0. The molecule has 3 N–H and O–H groups in total. The Labute approximate surface area is 122 Å². The summed E-state index contributed by atoms with van der Waals surface area (Å²) in [4.78, 5) is 22.6. The maximum atomic E-state index is 10.6. The number of carboxylic acids is 1. The number of carboxylic acid groups (broad SMARTS) is 1. The number of anilines is 2. The predicted octanol–water partition coefficient (Wildman–Crippen LogP) is 1.87.